The first-order valence-electron chi connectivity index (χ1n) is 14.7. The highest BCUT2D eigenvalue weighted by molar-refractivity contribution is 7.32. The molecule has 2 rings (SSSR count). The van der Waals surface area contributed by atoms with Gasteiger partial charge in [-0.2, -0.15) is 5.06 Å². The highest BCUT2D eigenvalue weighted by Crippen LogP contribution is 2.34. The van der Waals surface area contributed by atoms with Crippen LogP contribution in [0.2, 0.25) is 0 Å². The molecule has 0 saturated carbocycles. The smallest absolute Gasteiger partial charge is 0.494 e. The van der Waals surface area contributed by atoms with Gasteiger partial charge < -0.3 is 29.4 Å². The molecule has 0 bridgehead atoms. The molecule has 0 aliphatic carbocycles. The largest absolute Gasteiger partial charge is 0.747 e. The van der Waals surface area contributed by atoms with Crippen LogP contribution in [0, 0.1) is 5.92 Å². The van der Waals surface area contributed by atoms with Crippen molar-refractivity contribution in [2.45, 2.75) is 85.3 Å². The van der Waals surface area contributed by atoms with Gasteiger partial charge in [0.2, 0.25) is 12.3 Å². The molecule has 3 N–H and O–H groups in total. The van der Waals surface area contributed by atoms with Crippen molar-refractivity contribution in [3.05, 3.63) is 36.1 Å². The van der Waals surface area contributed by atoms with Gasteiger partial charge >= 0.3 is 14.4 Å². The second-order valence-electron chi connectivity index (χ2n) is 10.9. The molecular weight excluding hydrogens is 609 g/mol. The number of unbranched alkanes of at least 4 members (excludes halogenated alkanes) is 2. The van der Waals surface area contributed by atoms with Crippen LogP contribution in [0.3, 0.4) is 0 Å². The van der Waals surface area contributed by atoms with E-state index < -0.39 is 43.8 Å². The van der Waals surface area contributed by atoms with Crippen molar-refractivity contribution in [1.82, 2.24) is 15.7 Å². The zero-order valence-corrected chi connectivity index (χ0v) is 27.4. The maximum atomic E-state index is 13.3. The predicted molar refractivity (Wildman–Crippen MR) is 163 cm³/mol. The summed E-state index contributed by atoms with van der Waals surface area (Å²) in [5.41, 5.74) is -0.403. The van der Waals surface area contributed by atoms with E-state index >= 15 is 0 Å². The van der Waals surface area contributed by atoms with E-state index in [-0.39, 0.29) is 23.9 Å². The summed E-state index contributed by atoms with van der Waals surface area (Å²) < 4.78 is 32.4. The van der Waals surface area contributed by atoms with Crippen LogP contribution in [0.1, 0.15) is 84.2 Å². The number of hydroxylamine groups is 2. The fourth-order valence-electron chi connectivity index (χ4n) is 4.43. The van der Waals surface area contributed by atoms with Gasteiger partial charge in [-0.05, 0) is 64.8 Å². The summed E-state index contributed by atoms with van der Waals surface area (Å²) in [5, 5.41) is 6.05. The number of nitrogens with zero attached hydrogens (tertiary/aromatic N) is 1. The highest BCUT2D eigenvalue weighted by atomic mass is 31.1. The number of nitrogens with one attached hydrogen (secondary N) is 2. The normalized spacial score (nSPS) is 12.7. The van der Waals surface area contributed by atoms with Crippen molar-refractivity contribution in [3.8, 4) is 22.8 Å². The molecule has 1 aromatic carbocycles. The van der Waals surface area contributed by atoms with Gasteiger partial charge in [-0.1, -0.05) is 33.1 Å². The Morgan fingerprint density at radius 1 is 1.07 bits per heavy atom. The molecule has 45 heavy (non-hydrogen) atoms. The molecule has 0 saturated heterocycles. The number of amides is 3. The van der Waals surface area contributed by atoms with Crippen molar-refractivity contribution in [3.63, 3.8) is 0 Å². The van der Waals surface area contributed by atoms with Gasteiger partial charge in [0, 0.05) is 16.2 Å². The second-order valence-corrected chi connectivity index (χ2v) is 11.6. The van der Waals surface area contributed by atoms with Crippen molar-refractivity contribution >= 4 is 32.6 Å². The Balaban J connectivity index is 2.11. The lowest BCUT2D eigenvalue weighted by Gasteiger charge is -2.32. The molecule has 0 aliphatic rings. The molecule has 248 valence electrons. The third-order valence-corrected chi connectivity index (χ3v) is 6.71. The minimum absolute atomic E-state index is 0.0550. The molecule has 15 heteroatoms. The Hall–Kier alpha value is -4.16. The molecule has 1 heterocycles. The van der Waals surface area contributed by atoms with E-state index in [1.165, 1.54) is 24.3 Å². The average Bonchev–Trinajstić information content (AvgIpc) is 3.45. The predicted octanol–water partition coefficient (Wildman–Crippen LogP) is 5.48. The maximum absolute atomic E-state index is 13.3. The summed E-state index contributed by atoms with van der Waals surface area (Å²) in [6, 6.07) is 6.73. The quantitative estimate of drug-likeness (QED) is 0.0463. The Bertz CT molecular complexity index is 1310. The van der Waals surface area contributed by atoms with Crippen molar-refractivity contribution in [2.24, 2.45) is 5.92 Å². The van der Waals surface area contributed by atoms with E-state index in [0.717, 1.165) is 17.9 Å². The van der Waals surface area contributed by atoms with Gasteiger partial charge in [-0.3, -0.25) is 14.4 Å². The Morgan fingerprint density at radius 2 is 1.78 bits per heavy atom. The summed E-state index contributed by atoms with van der Waals surface area (Å²) >= 11 is 0. The van der Waals surface area contributed by atoms with Crippen LogP contribution < -0.4 is 19.9 Å². The summed E-state index contributed by atoms with van der Waals surface area (Å²) in [5.74, 6) is -1.14. The fraction of sp³-hybridized carbons (Fsp3) is 0.533. The van der Waals surface area contributed by atoms with Crippen molar-refractivity contribution < 1.29 is 51.9 Å². The molecule has 2 aromatic rings. The van der Waals surface area contributed by atoms with Crippen molar-refractivity contribution in [2.75, 3.05) is 13.3 Å². The molecule has 14 nitrogen and oxygen atoms in total. The van der Waals surface area contributed by atoms with Gasteiger partial charge in [0.05, 0.1) is 25.2 Å². The summed E-state index contributed by atoms with van der Waals surface area (Å²) in [6.45, 7) is 10.6. The first-order valence-corrected chi connectivity index (χ1v) is 15.9. The van der Waals surface area contributed by atoms with E-state index in [1.54, 1.807) is 40.7 Å². The minimum Gasteiger partial charge on any atom is -0.494 e. The lowest BCUT2D eigenvalue weighted by Crippen LogP contribution is -2.49. The Morgan fingerprint density at radius 3 is 2.38 bits per heavy atom. The van der Waals surface area contributed by atoms with Crippen LogP contribution in [0.5, 0.6) is 11.5 Å². The summed E-state index contributed by atoms with van der Waals surface area (Å²) in [4.78, 5) is 64.5. The van der Waals surface area contributed by atoms with Gasteiger partial charge in [-0.25, -0.2) is 9.32 Å². The SMILES string of the molecule is CCCCCC(C(=O)NCNC(=O)c1ccc(-c2cc(OCC)cc(O[P+](=O)O)c2)o1)C(CC)N(C=O)OC(=O)OC(C)(C)C. The van der Waals surface area contributed by atoms with Crippen LogP contribution in [0.4, 0.5) is 4.79 Å². The summed E-state index contributed by atoms with van der Waals surface area (Å²) in [7, 11) is -2.91. The van der Waals surface area contributed by atoms with E-state index in [1.807, 2.05) is 6.92 Å². The molecule has 3 atom stereocenters. The fourth-order valence-corrected chi connectivity index (χ4v) is 4.71. The van der Waals surface area contributed by atoms with Crippen LogP contribution in [-0.2, 0) is 23.7 Å². The Labute approximate surface area is 263 Å². The number of hydrogen-bond donors (Lipinski definition) is 3. The Kier molecular flexibility index (Phi) is 14.8. The van der Waals surface area contributed by atoms with Gasteiger partial charge in [0.25, 0.3) is 5.91 Å². The van der Waals surface area contributed by atoms with Crippen LogP contribution in [-0.4, -0.2) is 59.3 Å². The van der Waals surface area contributed by atoms with E-state index in [9.17, 15) is 23.7 Å². The van der Waals surface area contributed by atoms with E-state index in [0.29, 0.717) is 43.6 Å². The average molecular weight is 653 g/mol. The summed E-state index contributed by atoms with van der Waals surface area (Å²) in [6.07, 6.45) is 2.44. The first-order chi connectivity index (χ1) is 21.3. The zero-order valence-electron chi connectivity index (χ0n) is 26.5. The third-order valence-electron chi connectivity index (χ3n) is 6.34. The molecule has 0 radical (unpaired) electrons. The molecule has 3 unspecified atom stereocenters. The van der Waals surface area contributed by atoms with E-state index in [4.69, 9.17) is 28.1 Å². The molecule has 3 amide bonds. The monoisotopic (exact) mass is 652 g/mol. The van der Waals surface area contributed by atoms with Gasteiger partial charge in [0.15, 0.2) is 11.5 Å². The minimum atomic E-state index is -2.91. The zero-order chi connectivity index (χ0) is 33.6. The van der Waals surface area contributed by atoms with Crippen molar-refractivity contribution in [1.29, 1.82) is 0 Å². The second kappa shape index (κ2) is 18.0. The van der Waals surface area contributed by atoms with Crippen LogP contribution in [0.15, 0.2) is 34.7 Å². The standard InChI is InChI=1S/C30H42N3O11P/c1-7-10-11-12-23(24(8-2)33(19-34)43-29(37)42-30(4,5)6)27(35)31-18-32-28(36)26-14-13-25(41-26)20-15-21(40-9-3)17-22(16-20)44-45(38)39/h13-17,19,23-24H,7-12,18H2,1-6H3,(H2-,31,32,35,36,38,39)/p+1. The highest BCUT2D eigenvalue weighted by Gasteiger charge is 2.34. The van der Waals surface area contributed by atoms with Crippen LogP contribution >= 0.6 is 8.25 Å². The number of carbonyl (C=O) groups excluding carboxylic acids is 4. The number of carbonyl (C=O) groups is 4. The maximum Gasteiger partial charge on any atom is 0.747 e. The molecule has 1 aromatic heterocycles. The lowest BCUT2D eigenvalue weighted by molar-refractivity contribution is -0.182. The van der Waals surface area contributed by atoms with Crippen LogP contribution in [0.25, 0.3) is 11.3 Å². The lowest BCUT2D eigenvalue weighted by atomic mass is 9.90. The molecule has 0 fully saturated rings. The third kappa shape index (κ3) is 12.4. The topological polar surface area (TPSA) is 183 Å². The molecule has 0 aliphatic heterocycles. The van der Waals surface area contributed by atoms with E-state index in [2.05, 4.69) is 10.6 Å². The number of benzene rings is 1. The van der Waals surface area contributed by atoms with Gasteiger partial charge in [0.1, 0.15) is 17.1 Å². The number of rotatable bonds is 18. The first kappa shape index (κ1) is 37.0. The number of furan rings is 1. The van der Waals surface area contributed by atoms with Gasteiger partial charge in [-0.15, -0.1) is 4.89 Å². The molecule has 0 spiro atoms. The molecular formula is C30H43N3O11P+. The number of ether oxygens (including phenoxy) is 2. The number of hydrogen-bond acceptors (Lipinski definition) is 10.